The Labute approximate surface area is 150 Å². The SMILES string of the molecule is C=C[C@]1(N(CC(O)c2ccc(Br)cc2)C(=O)CCl)C=CC=CC1. The minimum absolute atomic E-state index is 0.139. The molecule has 1 unspecified atom stereocenters. The zero-order valence-corrected chi connectivity index (χ0v) is 15.0. The predicted octanol–water partition coefficient (Wildman–Crippen LogP) is 3.99. The van der Waals surface area contributed by atoms with Gasteiger partial charge >= 0.3 is 0 Å². The lowest BCUT2D eigenvalue weighted by Crippen LogP contribution is -2.51. The van der Waals surface area contributed by atoms with Gasteiger partial charge in [0.2, 0.25) is 5.91 Å². The molecule has 0 aromatic heterocycles. The van der Waals surface area contributed by atoms with E-state index in [-0.39, 0.29) is 18.3 Å². The molecular formula is C18H19BrClNO2. The molecule has 0 spiro atoms. The summed E-state index contributed by atoms with van der Waals surface area (Å²) in [5, 5.41) is 10.5. The van der Waals surface area contributed by atoms with Crippen molar-refractivity contribution in [3.8, 4) is 0 Å². The normalized spacial score (nSPS) is 21.0. The van der Waals surface area contributed by atoms with Gasteiger partial charge in [-0.05, 0) is 24.1 Å². The Morgan fingerprint density at radius 1 is 1.43 bits per heavy atom. The summed E-state index contributed by atoms with van der Waals surface area (Å²) in [5.41, 5.74) is 0.0898. The second-order valence-electron chi connectivity index (χ2n) is 5.39. The van der Waals surface area contributed by atoms with Crippen molar-refractivity contribution >= 4 is 33.4 Å². The summed E-state index contributed by atoms with van der Waals surface area (Å²) < 4.78 is 0.935. The van der Waals surface area contributed by atoms with Gasteiger partial charge in [0, 0.05) is 4.47 Å². The molecule has 0 heterocycles. The smallest absolute Gasteiger partial charge is 0.238 e. The van der Waals surface area contributed by atoms with Crippen LogP contribution in [0.4, 0.5) is 0 Å². The minimum Gasteiger partial charge on any atom is -0.387 e. The molecule has 1 aliphatic rings. The molecule has 0 saturated carbocycles. The van der Waals surface area contributed by atoms with E-state index >= 15 is 0 Å². The highest BCUT2D eigenvalue weighted by Crippen LogP contribution is 2.30. The average Bonchev–Trinajstić information content (AvgIpc) is 2.60. The van der Waals surface area contributed by atoms with Crippen molar-refractivity contribution in [1.29, 1.82) is 0 Å². The lowest BCUT2D eigenvalue weighted by atomic mass is 9.88. The molecular weight excluding hydrogens is 378 g/mol. The van der Waals surface area contributed by atoms with Gasteiger partial charge in [0.1, 0.15) is 5.88 Å². The summed E-state index contributed by atoms with van der Waals surface area (Å²) in [6.45, 7) is 4.03. The van der Waals surface area contributed by atoms with Crippen LogP contribution in [-0.2, 0) is 4.79 Å². The van der Waals surface area contributed by atoms with Gasteiger partial charge in [0.25, 0.3) is 0 Å². The van der Waals surface area contributed by atoms with Gasteiger partial charge in [-0.15, -0.1) is 18.2 Å². The first-order valence-electron chi connectivity index (χ1n) is 7.30. The number of hydrogen-bond donors (Lipinski definition) is 1. The van der Waals surface area contributed by atoms with Crippen LogP contribution >= 0.6 is 27.5 Å². The molecule has 2 rings (SSSR count). The van der Waals surface area contributed by atoms with Crippen molar-refractivity contribution in [1.82, 2.24) is 4.90 Å². The molecule has 3 nitrogen and oxygen atoms in total. The van der Waals surface area contributed by atoms with Crippen molar-refractivity contribution in [2.45, 2.75) is 18.1 Å². The number of hydrogen-bond acceptors (Lipinski definition) is 2. The molecule has 0 fully saturated rings. The zero-order chi connectivity index (χ0) is 16.9. The van der Waals surface area contributed by atoms with Gasteiger partial charge in [-0.25, -0.2) is 0 Å². The van der Waals surface area contributed by atoms with E-state index in [4.69, 9.17) is 11.6 Å². The van der Waals surface area contributed by atoms with E-state index in [0.717, 1.165) is 10.0 Å². The Hall–Kier alpha value is -1.36. The van der Waals surface area contributed by atoms with E-state index in [1.807, 2.05) is 48.6 Å². The Morgan fingerprint density at radius 3 is 2.65 bits per heavy atom. The van der Waals surface area contributed by atoms with Crippen LogP contribution < -0.4 is 0 Å². The highest BCUT2D eigenvalue weighted by atomic mass is 79.9. The minimum atomic E-state index is -0.800. The largest absolute Gasteiger partial charge is 0.387 e. The summed E-state index contributed by atoms with van der Waals surface area (Å²) in [6.07, 6.45) is 9.24. The lowest BCUT2D eigenvalue weighted by Gasteiger charge is -2.41. The summed E-state index contributed by atoms with van der Waals surface area (Å²) in [4.78, 5) is 14.0. The highest BCUT2D eigenvalue weighted by Gasteiger charge is 2.35. The average molecular weight is 397 g/mol. The van der Waals surface area contributed by atoms with Gasteiger partial charge in [-0.3, -0.25) is 4.79 Å². The first-order chi connectivity index (χ1) is 11.0. The zero-order valence-electron chi connectivity index (χ0n) is 12.7. The van der Waals surface area contributed by atoms with Crippen LogP contribution in [0.3, 0.4) is 0 Å². The third kappa shape index (κ3) is 4.14. The molecule has 23 heavy (non-hydrogen) atoms. The van der Waals surface area contributed by atoms with Crippen LogP contribution in [0.1, 0.15) is 18.1 Å². The van der Waals surface area contributed by atoms with E-state index in [1.165, 1.54) is 0 Å². The van der Waals surface area contributed by atoms with Crippen LogP contribution in [0, 0.1) is 0 Å². The number of carbonyl (C=O) groups excluding carboxylic acids is 1. The van der Waals surface area contributed by atoms with E-state index < -0.39 is 11.6 Å². The highest BCUT2D eigenvalue weighted by molar-refractivity contribution is 9.10. The molecule has 1 aromatic carbocycles. The molecule has 0 aliphatic heterocycles. The number of halogens is 2. The second-order valence-corrected chi connectivity index (χ2v) is 6.58. The molecule has 122 valence electrons. The van der Waals surface area contributed by atoms with Crippen LogP contribution in [0.15, 0.2) is 65.7 Å². The molecule has 1 aromatic rings. The monoisotopic (exact) mass is 395 g/mol. The molecule has 0 radical (unpaired) electrons. The standard InChI is InChI=1S/C18H19BrClNO2/c1-2-18(10-4-3-5-11-18)21(17(23)12-20)13-16(22)14-6-8-15(19)9-7-14/h2-10,16,22H,1,11-13H2/t16?,18-/m0/s1. The van der Waals surface area contributed by atoms with E-state index in [2.05, 4.69) is 22.5 Å². The number of benzene rings is 1. The van der Waals surface area contributed by atoms with E-state index in [9.17, 15) is 9.90 Å². The molecule has 1 amide bonds. The predicted molar refractivity (Wildman–Crippen MR) is 97.4 cm³/mol. The van der Waals surface area contributed by atoms with Gasteiger partial charge in [0.15, 0.2) is 0 Å². The number of rotatable bonds is 6. The van der Waals surface area contributed by atoms with Crippen molar-refractivity contribution < 1.29 is 9.90 Å². The van der Waals surface area contributed by atoms with Crippen molar-refractivity contribution in [2.24, 2.45) is 0 Å². The third-order valence-electron chi connectivity index (χ3n) is 3.96. The number of alkyl halides is 1. The number of amides is 1. The molecule has 5 heteroatoms. The maximum atomic E-state index is 12.4. The number of carbonyl (C=O) groups is 1. The third-order valence-corrected chi connectivity index (χ3v) is 4.72. The lowest BCUT2D eigenvalue weighted by molar-refractivity contribution is -0.133. The maximum absolute atomic E-state index is 12.4. The topological polar surface area (TPSA) is 40.5 Å². The number of nitrogens with zero attached hydrogens (tertiary/aromatic N) is 1. The molecule has 1 aliphatic carbocycles. The Bertz CT molecular complexity index is 626. The summed E-state index contributed by atoms with van der Waals surface area (Å²) in [7, 11) is 0. The maximum Gasteiger partial charge on any atom is 0.238 e. The number of aliphatic hydroxyl groups excluding tert-OH is 1. The van der Waals surface area contributed by atoms with Gasteiger partial charge in [0.05, 0.1) is 18.2 Å². The van der Waals surface area contributed by atoms with E-state index in [1.54, 1.807) is 11.0 Å². The Kier molecular flexibility index (Phi) is 6.22. The quantitative estimate of drug-likeness (QED) is 0.583. The summed E-state index contributed by atoms with van der Waals surface area (Å²) in [6, 6.07) is 7.38. The van der Waals surface area contributed by atoms with Crippen LogP contribution in [-0.4, -0.2) is 33.9 Å². The first-order valence-corrected chi connectivity index (χ1v) is 8.63. The van der Waals surface area contributed by atoms with Gasteiger partial charge in [-0.2, -0.15) is 0 Å². The fraction of sp³-hybridized carbons (Fsp3) is 0.278. The van der Waals surface area contributed by atoms with Crippen LogP contribution in [0.25, 0.3) is 0 Å². The van der Waals surface area contributed by atoms with E-state index in [0.29, 0.717) is 6.42 Å². The molecule has 0 bridgehead atoms. The first kappa shape index (κ1) is 18.0. The summed E-state index contributed by atoms with van der Waals surface area (Å²) in [5.74, 6) is -0.372. The van der Waals surface area contributed by atoms with Gasteiger partial charge < -0.3 is 10.0 Å². The number of β-amino-alcohol motifs (C(OH)–C–C–N with tert-alkyl or cyclic N) is 1. The second kappa shape index (κ2) is 7.95. The summed E-state index contributed by atoms with van der Waals surface area (Å²) >= 11 is 9.15. The van der Waals surface area contributed by atoms with Crippen LogP contribution in [0.5, 0.6) is 0 Å². The van der Waals surface area contributed by atoms with Crippen LogP contribution in [0.2, 0.25) is 0 Å². The number of allylic oxidation sites excluding steroid dienone is 2. The molecule has 1 N–H and O–H groups in total. The fourth-order valence-electron chi connectivity index (χ4n) is 2.63. The fourth-order valence-corrected chi connectivity index (χ4v) is 3.04. The van der Waals surface area contributed by atoms with Crippen molar-refractivity contribution in [2.75, 3.05) is 12.4 Å². The Balaban J connectivity index is 2.27. The van der Waals surface area contributed by atoms with Crippen molar-refractivity contribution in [3.63, 3.8) is 0 Å². The van der Waals surface area contributed by atoms with Crippen molar-refractivity contribution in [3.05, 3.63) is 71.3 Å². The molecule has 2 atom stereocenters. The number of aliphatic hydroxyl groups is 1. The Morgan fingerprint density at radius 2 is 2.13 bits per heavy atom. The van der Waals surface area contributed by atoms with Gasteiger partial charge in [-0.1, -0.05) is 58.4 Å². The molecule has 0 saturated heterocycles.